The molecule has 3 aromatic carbocycles. The number of urea groups is 1. The first-order valence-electron chi connectivity index (χ1n) is 9.49. The Labute approximate surface area is 176 Å². The highest BCUT2D eigenvalue weighted by Crippen LogP contribution is 2.33. The van der Waals surface area contributed by atoms with Crippen LogP contribution in [0.25, 0.3) is 11.1 Å². The molecule has 0 aromatic heterocycles. The van der Waals surface area contributed by atoms with E-state index in [1.54, 1.807) is 18.2 Å². The predicted molar refractivity (Wildman–Crippen MR) is 112 cm³/mol. The van der Waals surface area contributed by atoms with Gasteiger partial charge in [-0.2, -0.15) is 13.2 Å². The molecule has 3 amide bonds. The van der Waals surface area contributed by atoms with E-state index in [2.05, 4.69) is 16.0 Å². The van der Waals surface area contributed by atoms with Crippen molar-refractivity contribution in [2.75, 3.05) is 10.6 Å². The quantitative estimate of drug-likeness (QED) is 0.514. The van der Waals surface area contributed by atoms with Crippen molar-refractivity contribution >= 4 is 23.3 Å². The first kappa shape index (κ1) is 20.5. The molecule has 0 fully saturated rings. The molecule has 8 heteroatoms. The Balaban J connectivity index is 1.51. The number of anilines is 2. The van der Waals surface area contributed by atoms with Crippen LogP contribution in [0.3, 0.4) is 0 Å². The summed E-state index contributed by atoms with van der Waals surface area (Å²) < 4.78 is 38.5. The molecule has 0 saturated carbocycles. The minimum atomic E-state index is -4.49. The summed E-state index contributed by atoms with van der Waals surface area (Å²) >= 11 is 0. The number of nitrogens with one attached hydrogen (secondary N) is 3. The summed E-state index contributed by atoms with van der Waals surface area (Å²) in [5.41, 5.74) is 4.02. The van der Waals surface area contributed by atoms with Gasteiger partial charge in [0.15, 0.2) is 0 Å². The van der Waals surface area contributed by atoms with Crippen LogP contribution >= 0.6 is 0 Å². The van der Waals surface area contributed by atoms with Crippen molar-refractivity contribution in [2.24, 2.45) is 0 Å². The number of fused-ring (bicyclic) bond motifs is 1. The molecular weight excluding hydrogens is 407 g/mol. The zero-order valence-electron chi connectivity index (χ0n) is 16.4. The molecule has 31 heavy (non-hydrogen) atoms. The number of halogens is 3. The van der Waals surface area contributed by atoms with Crippen molar-refractivity contribution < 1.29 is 22.8 Å². The van der Waals surface area contributed by atoms with E-state index in [0.29, 0.717) is 17.8 Å². The van der Waals surface area contributed by atoms with Gasteiger partial charge in [-0.3, -0.25) is 4.79 Å². The number of amides is 3. The zero-order chi connectivity index (χ0) is 22.2. The van der Waals surface area contributed by atoms with Gasteiger partial charge in [0.25, 0.3) is 5.91 Å². The van der Waals surface area contributed by atoms with Gasteiger partial charge in [0, 0.05) is 23.5 Å². The van der Waals surface area contributed by atoms with Gasteiger partial charge in [-0.05, 0) is 65.6 Å². The van der Waals surface area contributed by atoms with Gasteiger partial charge >= 0.3 is 12.2 Å². The van der Waals surface area contributed by atoms with Crippen LogP contribution in [-0.4, -0.2) is 11.9 Å². The van der Waals surface area contributed by atoms with Crippen molar-refractivity contribution in [3.63, 3.8) is 0 Å². The largest absolute Gasteiger partial charge is 0.416 e. The molecule has 158 valence electrons. The second kappa shape index (κ2) is 7.79. The van der Waals surface area contributed by atoms with Gasteiger partial charge < -0.3 is 16.0 Å². The summed E-state index contributed by atoms with van der Waals surface area (Å²) in [5, 5.41) is 7.86. The minimum Gasteiger partial charge on any atom is -0.348 e. The number of benzene rings is 3. The van der Waals surface area contributed by atoms with E-state index in [1.807, 2.05) is 25.1 Å². The number of rotatable bonds is 3. The van der Waals surface area contributed by atoms with Crippen LogP contribution in [0.1, 0.15) is 27.0 Å². The molecule has 0 radical (unpaired) electrons. The van der Waals surface area contributed by atoms with Crippen LogP contribution in [0.2, 0.25) is 0 Å². The van der Waals surface area contributed by atoms with Crippen LogP contribution in [0.4, 0.5) is 29.3 Å². The monoisotopic (exact) mass is 425 g/mol. The molecule has 0 aliphatic carbocycles. The molecule has 0 atom stereocenters. The van der Waals surface area contributed by atoms with Crippen LogP contribution in [0, 0.1) is 6.92 Å². The third-order valence-electron chi connectivity index (χ3n) is 5.07. The highest BCUT2D eigenvalue weighted by atomic mass is 19.4. The van der Waals surface area contributed by atoms with E-state index in [0.717, 1.165) is 34.4 Å². The van der Waals surface area contributed by atoms with Gasteiger partial charge in [0.2, 0.25) is 0 Å². The van der Waals surface area contributed by atoms with Crippen LogP contribution < -0.4 is 16.0 Å². The lowest BCUT2D eigenvalue weighted by Gasteiger charge is -2.14. The molecule has 0 saturated heterocycles. The third-order valence-corrected chi connectivity index (χ3v) is 5.07. The average Bonchev–Trinajstić information content (AvgIpc) is 3.09. The van der Waals surface area contributed by atoms with E-state index in [1.165, 1.54) is 12.1 Å². The van der Waals surface area contributed by atoms with Crippen LogP contribution in [0.5, 0.6) is 0 Å². The first-order chi connectivity index (χ1) is 14.7. The summed E-state index contributed by atoms with van der Waals surface area (Å²) in [6, 6.07) is 14.6. The fraction of sp³-hybridized carbons (Fsp3) is 0.130. The highest BCUT2D eigenvalue weighted by Gasteiger charge is 2.30. The molecule has 1 aliphatic rings. The van der Waals surface area contributed by atoms with Crippen molar-refractivity contribution in [2.45, 2.75) is 19.6 Å². The number of alkyl halides is 3. The highest BCUT2D eigenvalue weighted by molar-refractivity contribution is 6.01. The van der Waals surface area contributed by atoms with Gasteiger partial charge in [-0.25, -0.2) is 4.79 Å². The van der Waals surface area contributed by atoms with Gasteiger partial charge in [0.1, 0.15) is 0 Å². The molecule has 0 unspecified atom stereocenters. The Hall–Kier alpha value is -3.81. The third kappa shape index (κ3) is 4.23. The lowest BCUT2D eigenvalue weighted by Crippen LogP contribution is -2.20. The molecule has 4 rings (SSSR count). The first-order valence-corrected chi connectivity index (χ1v) is 9.49. The molecule has 3 N–H and O–H groups in total. The second-order valence-corrected chi connectivity index (χ2v) is 7.20. The number of carbonyl (C=O) groups excluding carboxylic acids is 2. The van der Waals surface area contributed by atoms with Gasteiger partial charge in [-0.15, -0.1) is 0 Å². The Morgan fingerprint density at radius 2 is 1.58 bits per heavy atom. The van der Waals surface area contributed by atoms with Crippen LogP contribution in [0.15, 0.2) is 60.7 Å². The number of hydrogen-bond acceptors (Lipinski definition) is 2. The second-order valence-electron chi connectivity index (χ2n) is 7.20. The number of aryl methyl sites for hydroxylation is 1. The molecular formula is C23H18F3N3O2. The van der Waals surface area contributed by atoms with Gasteiger partial charge in [0.05, 0.1) is 5.56 Å². The maximum Gasteiger partial charge on any atom is 0.416 e. The molecule has 1 heterocycles. The van der Waals surface area contributed by atoms with Crippen molar-refractivity contribution in [1.82, 2.24) is 5.32 Å². The number of carbonyl (C=O) groups is 2. The molecule has 0 spiro atoms. The summed E-state index contributed by atoms with van der Waals surface area (Å²) in [4.78, 5) is 24.2. The fourth-order valence-corrected chi connectivity index (χ4v) is 3.62. The van der Waals surface area contributed by atoms with E-state index >= 15 is 0 Å². The van der Waals surface area contributed by atoms with E-state index in [9.17, 15) is 22.8 Å². The zero-order valence-corrected chi connectivity index (χ0v) is 16.4. The van der Waals surface area contributed by atoms with Crippen LogP contribution in [-0.2, 0) is 12.7 Å². The predicted octanol–water partition coefficient (Wildman–Crippen LogP) is 5.57. The lowest BCUT2D eigenvalue weighted by molar-refractivity contribution is -0.137. The Kier molecular flexibility index (Phi) is 5.14. The maximum absolute atomic E-state index is 12.8. The Bertz CT molecular complexity index is 1190. The summed E-state index contributed by atoms with van der Waals surface area (Å²) in [6.07, 6.45) is -4.49. The summed E-state index contributed by atoms with van der Waals surface area (Å²) in [6.45, 7) is 2.35. The van der Waals surface area contributed by atoms with E-state index in [-0.39, 0.29) is 11.6 Å². The molecule has 3 aromatic rings. The molecule has 0 bridgehead atoms. The lowest BCUT2D eigenvalue weighted by atomic mass is 9.93. The summed E-state index contributed by atoms with van der Waals surface area (Å²) in [5.74, 6) is -0.0981. The van der Waals surface area contributed by atoms with Crippen molar-refractivity contribution in [3.8, 4) is 11.1 Å². The Morgan fingerprint density at radius 1 is 0.903 bits per heavy atom. The maximum atomic E-state index is 12.8. The molecule has 5 nitrogen and oxygen atoms in total. The molecule has 1 aliphatic heterocycles. The van der Waals surface area contributed by atoms with Gasteiger partial charge in [-0.1, -0.05) is 24.3 Å². The topological polar surface area (TPSA) is 70.2 Å². The average molecular weight is 425 g/mol. The standard InChI is InChI=1S/C23H18F3N3O2/c1-13-10-16(29-22(31)28-15-5-2-4-14(11-15)23(24,25)26)8-9-17(13)18-6-3-7-19-20(18)12-27-21(19)30/h2-11H,12H2,1H3,(H,27,30)(H2,28,29,31). The minimum absolute atomic E-state index is 0.0395. The summed E-state index contributed by atoms with van der Waals surface area (Å²) in [7, 11) is 0. The Morgan fingerprint density at radius 3 is 2.29 bits per heavy atom. The number of hydrogen-bond donors (Lipinski definition) is 3. The van der Waals surface area contributed by atoms with E-state index < -0.39 is 17.8 Å². The van der Waals surface area contributed by atoms with E-state index in [4.69, 9.17) is 0 Å². The smallest absolute Gasteiger partial charge is 0.348 e. The van der Waals surface area contributed by atoms with Crippen molar-refractivity contribution in [3.05, 3.63) is 82.9 Å². The fourth-order valence-electron chi connectivity index (χ4n) is 3.62. The van der Waals surface area contributed by atoms with Crippen molar-refractivity contribution in [1.29, 1.82) is 0 Å². The SMILES string of the molecule is Cc1cc(NC(=O)Nc2cccc(C(F)(F)F)c2)ccc1-c1cccc2c1CNC2=O. The normalized spacial score (nSPS) is 12.8.